The number of amides is 1. The molecule has 1 heterocycles. The molecule has 10 heteroatoms. The van der Waals surface area contributed by atoms with Gasteiger partial charge in [-0.15, -0.1) is 10.2 Å². The molecule has 0 aliphatic rings. The van der Waals surface area contributed by atoms with E-state index in [2.05, 4.69) is 20.7 Å². The van der Waals surface area contributed by atoms with Crippen LogP contribution in [0.1, 0.15) is 11.1 Å². The number of ether oxygens (including phenoxy) is 1. The van der Waals surface area contributed by atoms with Crippen molar-refractivity contribution >= 4 is 35.5 Å². The number of hydrazone groups is 1. The van der Waals surface area contributed by atoms with Gasteiger partial charge >= 0.3 is 0 Å². The molecule has 0 aliphatic carbocycles. The van der Waals surface area contributed by atoms with Gasteiger partial charge in [0.2, 0.25) is 0 Å². The fourth-order valence-electron chi connectivity index (χ4n) is 3.22. The van der Waals surface area contributed by atoms with Gasteiger partial charge in [0, 0.05) is 21.8 Å². The minimum absolute atomic E-state index is 0.0525. The first-order chi connectivity index (χ1) is 17.0. The Morgan fingerprint density at radius 2 is 1.89 bits per heavy atom. The number of halogens is 1. The van der Waals surface area contributed by atoms with Crippen molar-refractivity contribution in [2.75, 3.05) is 12.9 Å². The van der Waals surface area contributed by atoms with E-state index in [9.17, 15) is 9.90 Å². The van der Waals surface area contributed by atoms with Crippen LogP contribution in [0.2, 0.25) is 5.02 Å². The molecular weight excluding hydrogens is 486 g/mol. The molecule has 2 N–H and O–H groups in total. The van der Waals surface area contributed by atoms with Crippen LogP contribution in [0.4, 0.5) is 0 Å². The number of phenolic OH excluding ortho intramolecular Hbond substituents is 1. The van der Waals surface area contributed by atoms with Crippen molar-refractivity contribution in [2.45, 2.75) is 12.1 Å². The summed E-state index contributed by atoms with van der Waals surface area (Å²) in [6, 6.07) is 20.3. The number of aryl methyl sites for hydroxylation is 1. The standard InChI is InChI=1S/C25H22ClN5O3S/c1-16-6-12-20(13-7-16)31-24(17-8-10-19(26)11-9-17)29-30-25(31)35-15-22(32)28-27-14-18-4-3-5-21(34-2)23(18)33/h3-14,33H,15H2,1-2H3,(H,28,32)/b27-14+. The van der Waals surface area contributed by atoms with E-state index in [1.54, 1.807) is 30.3 Å². The Kier molecular flexibility index (Phi) is 7.69. The van der Waals surface area contributed by atoms with Crippen LogP contribution < -0.4 is 10.2 Å². The fourth-order valence-corrected chi connectivity index (χ4v) is 4.09. The van der Waals surface area contributed by atoms with Crippen molar-refractivity contribution in [2.24, 2.45) is 5.10 Å². The molecule has 4 rings (SSSR count). The fraction of sp³-hybridized carbons (Fsp3) is 0.120. The van der Waals surface area contributed by atoms with Crippen molar-refractivity contribution in [3.05, 3.63) is 82.9 Å². The zero-order valence-electron chi connectivity index (χ0n) is 19.0. The Morgan fingerprint density at radius 3 is 2.60 bits per heavy atom. The van der Waals surface area contributed by atoms with E-state index in [0.717, 1.165) is 16.8 Å². The molecule has 0 radical (unpaired) electrons. The van der Waals surface area contributed by atoms with E-state index < -0.39 is 0 Å². The lowest BCUT2D eigenvalue weighted by Gasteiger charge is -2.10. The minimum Gasteiger partial charge on any atom is -0.504 e. The summed E-state index contributed by atoms with van der Waals surface area (Å²) in [6.45, 7) is 2.02. The Labute approximate surface area is 211 Å². The normalized spacial score (nSPS) is 11.1. The first-order valence-corrected chi connectivity index (χ1v) is 11.9. The van der Waals surface area contributed by atoms with Gasteiger partial charge in [-0.1, -0.05) is 47.1 Å². The maximum absolute atomic E-state index is 12.4. The number of thioether (sulfide) groups is 1. The summed E-state index contributed by atoms with van der Waals surface area (Å²) in [7, 11) is 1.46. The quantitative estimate of drug-likeness (QED) is 0.201. The molecule has 0 unspecified atom stereocenters. The molecule has 0 fully saturated rings. The predicted octanol–water partition coefficient (Wildman–Crippen LogP) is 4.85. The molecule has 8 nitrogen and oxygen atoms in total. The van der Waals surface area contributed by atoms with E-state index in [1.807, 2.05) is 47.9 Å². The smallest absolute Gasteiger partial charge is 0.250 e. The molecule has 0 atom stereocenters. The summed E-state index contributed by atoms with van der Waals surface area (Å²) in [4.78, 5) is 12.4. The zero-order chi connectivity index (χ0) is 24.8. The van der Waals surface area contributed by atoms with Gasteiger partial charge in [0.05, 0.1) is 19.1 Å². The second-order valence-electron chi connectivity index (χ2n) is 7.46. The second-order valence-corrected chi connectivity index (χ2v) is 8.84. The van der Waals surface area contributed by atoms with Crippen LogP contribution in [0.3, 0.4) is 0 Å². The maximum Gasteiger partial charge on any atom is 0.250 e. The van der Waals surface area contributed by atoms with Gasteiger partial charge in [0.25, 0.3) is 5.91 Å². The Bertz CT molecular complexity index is 1350. The van der Waals surface area contributed by atoms with Gasteiger partial charge < -0.3 is 9.84 Å². The minimum atomic E-state index is -0.333. The predicted molar refractivity (Wildman–Crippen MR) is 138 cm³/mol. The number of benzene rings is 3. The van der Waals surface area contributed by atoms with Gasteiger partial charge in [-0.3, -0.25) is 9.36 Å². The van der Waals surface area contributed by atoms with Gasteiger partial charge in [-0.05, 0) is 55.5 Å². The zero-order valence-corrected chi connectivity index (χ0v) is 20.5. The number of carbonyl (C=O) groups excluding carboxylic acids is 1. The van der Waals surface area contributed by atoms with Crippen molar-refractivity contribution < 1.29 is 14.6 Å². The Hall–Kier alpha value is -3.82. The van der Waals surface area contributed by atoms with Crippen LogP contribution in [0.5, 0.6) is 11.5 Å². The van der Waals surface area contributed by atoms with Crippen LogP contribution >= 0.6 is 23.4 Å². The molecule has 1 amide bonds. The van der Waals surface area contributed by atoms with Crippen LogP contribution in [-0.4, -0.2) is 44.9 Å². The summed E-state index contributed by atoms with van der Waals surface area (Å²) in [6.07, 6.45) is 1.36. The van der Waals surface area contributed by atoms with E-state index in [0.29, 0.717) is 27.3 Å². The number of nitrogens with zero attached hydrogens (tertiary/aromatic N) is 4. The second kappa shape index (κ2) is 11.1. The molecule has 0 aliphatic heterocycles. The number of phenols is 1. The summed E-state index contributed by atoms with van der Waals surface area (Å²) in [5.74, 6) is 0.637. The third-order valence-electron chi connectivity index (χ3n) is 5.00. The largest absolute Gasteiger partial charge is 0.504 e. The lowest BCUT2D eigenvalue weighted by molar-refractivity contribution is -0.118. The summed E-state index contributed by atoms with van der Waals surface area (Å²) < 4.78 is 6.97. The van der Waals surface area contributed by atoms with E-state index in [1.165, 1.54) is 25.1 Å². The van der Waals surface area contributed by atoms with Crippen LogP contribution in [-0.2, 0) is 4.79 Å². The number of aromatic hydroxyl groups is 1. The molecule has 0 saturated carbocycles. The van der Waals surface area contributed by atoms with E-state index in [4.69, 9.17) is 16.3 Å². The number of para-hydroxylation sites is 1. The molecule has 178 valence electrons. The van der Waals surface area contributed by atoms with E-state index >= 15 is 0 Å². The third-order valence-corrected chi connectivity index (χ3v) is 6.18. The lowest BCUT2D eigenvalue weighted by Crippen LogP contribution is -2.20. The van der Waals surface area contributed by atoms with Crippen LogP contribution in [0, 0.1) is 6.92 Å². The first kappa shape index (κ1) is 24.3. The number of aromatic nitrogens is 3. The SMILES string of the molecule is COc1cccc(/C=N/NC(=O)CSc2nnc(-c3ccc(Cl)cc3)n2-c2ccc(C)cc2)c1O. The molecule has 0 spiro atoms. The van der Waals surface area contributed by atoms with E-state index in [-0.39, 0.29) is 17.4 Å². The van der Waals surface area contributed by atoms with Gasteiger partial charge in [0.15, 0.2) is 22.5 Å². The maximum atomic E-state index is 12.4. The number of hydrogen-bond acceptors (Lipinski definition) is 7. The highest BCUT2D eigenvalue weighted by Crippen LogP contribution is 2.29. The molecular formula is C25H22ClN5O3S. The highest BCUT2D eigenvalue weighted by atomic mass is 35.5. The van der Waals surface area contributed by atoms with Gasteiger partial charge in [-0.2, -0.15) is 5.10 Å². The van der Waals surface area contributed by atoms with Crippen molar-refractivity contribution in [3.8, 4) is 28.6 Å². The number of rotatable bonds is 8. The number of methoxy groups -OCH3 is 1. The average Bonchev–Trinajstić information content (AvgIpc) is 3.28. The number of carbonyl (C=O) groups is 1. The molecule has 4 aromatic rings. The monoisotopic (exact) mass is 507 g/mol. The lowest BCUT2D eigenvalue weighted by atomic mass is 10.2. The Morgan fingerprint density at radius 1 is 1.14 bits per heavy atom. The summed E-state index contributed by atoms with van der Waals surface area (Å²) in [5.41, 5.74) is 5.74. The van der Waals surface area contributed by atoms with Crippen molar-refractivity contribution in [1.29, 1.82) is 0 Å². The van der Waals surface area contributed by atoms with Crippen molar-refractivity contribution in [3.63, 3.8) is 0 Å². The Balaban J connectivity index is 1.50. The molecule has 0 bridgehead atoms. The van der Waals surface area contributed by atoms with Crippen LogP contribution in [0.15, 0.2) is 77.0 Å². The number of hydrogen-bond donors (Lipinski definition) is 2. The summed E-state index contributed by atoms with van der Waals surface area (Å²) in [5, 5.41) is 23.9. The van der Waals surface area contributed by atoms with Crippen molar-refractivity contribution in [1.82, 2.24) is 20.2 Å². The van der Waals surface area contributed by atoms with Crippen LogP contribution in [0.25, 0.3) is 17.1 Å². The topological polar surface area (TPSA) is 102 Å². The highest BCUT2D eigenvalue weighted by molar-refractivity contribution is 7.99. The molecule has 1 aromatic heterocycles. The highest BCUT2D eigenvalue weighted by Gasteiger charge is 2.17. The molecule has 3 aromatic carbocycles. The molecule has 0 saturated heterocycles. The third kappa shape index (κ3) is 5.82. The molecule has 35 heavy (non-hydrogen) atoms. The van der Waals surface area contributed by atoms with Gasteiger partial charge in [0.1, 0.15) is 0 Å². The average molecular weight is 508 g/mol. The number of nitrogens with one attached hydrogen (secondary N) is 1. The first-order valence-electron chi connectivity index (χ1n) is 10.6. The van der Waals surface area contributed by atoms with Gasteiger partial charge in [-0.25, -0.2) is 5.43 Å². The summed E-state index contributed by atoms with van der Waals surface area (Å²) >= 11 is 7.28.